The third kappa shape index (κ3) is 2.98. The van der Waals surface area contributed by atoms with Crippen molar-refractivity contribution >= 4 is 15.9 Å². The maximum atomic E-state index is 5.20. The summed E-state index contributed by atoms with van der Waals surface area (Å²) in [4.78, 5) is 2.52. The predicted molar refractivity (Wildman–Crippen MR) is 69.8 cm³/mol. The maximum Gasteiger partial charge on any atom is 0.120 e. The van der Waals surface area contributed by atoms with Crippen molar-refractivity contribution < 1.29 is 4.74 Å². The molecule has 0 spiro atoms. The van der Waals surface area contributed by atoms with Gasteiger partial charge < -0.3 is 4.74 Å². The van der Waals surface area contributed by atoms with Crippen LogP contribution in [0.3, 0.4) is 0 Å². The minimum atomic E-state index is 0.911. The molecule has 88 valence electrons. The fourth-order valence-electron chi connectivity index (χ4n) is 2.14. The Morgan fingerprint density at radius 1 is 1.25 bits per heavy atom. The number of hydrogen-bond acceptors (Lipinski definition) is 2. The van der Waals surface area contributed by atoms with Crippen molar-refractivity contribution in [2.24, 2.45) is 0 Å². The summed E-state index contributed by atoms with van der Waals surface area (Å²) < 4.78 is 6.35. The molecular formula is C13H18BrNO. The highest BCUT2D eigenvalue weighted by atomic mass is 79.9. The Morgan fingerprint density at radius 3 is 2.62 bits per heavy atom. The Kier molecular flexibility index (Phi) is 4.24. The number of nitrogens with zero attached hydrogens (tertiary/aromatic N) is 1. The van der Waals surface area contributed by atoms with Gasteiger partial charge in [0.2, 0.25) is 0 Å². The molecule has 0 saturated carbocycles. The normalized spacial score (nSPS) is 17.4. The van der Waals surface area contributed by atoms with Crippen LogP contribution in [0.1, 0.15) is 24.8 Å². The molecule has 2 rings (SSSR count). The molecule has 0 radical (unpaired) electrons. The fraction of sp³-hybridized carbons (Fsp3) is 0.538. The average molecular weight is 284 g/mol. The second kappa shape index (κ2) is 5.69. The summed E-state index contributed by atoms with van der Waals surface area (Å²) in [6.07, 6.45) is 4.07. The van der Waals surface area contributed by atoms with E-state index in [4.69, 9.17) is 4.74 Å². The number of halogens is 1. The summed E-state index contributed by atoms with van der Waals surface area (Å²) >= 11 is 3.61. The Balaban J connectivity index is 2.03. The van der Waals surface area contributed by atoms with E-state index in [0.29, 0.717) is 0 Å². The van der Waals surface area contributed by atoms with Gasteiger partial charge in [0.25, 0.3) is 0 Å². The smallest absolute Gasteiger partial charge is 0.120 e. The van der Waals surface area contributed by atoms with Crippen LogP contribution in [0.4, 0.5) is 0 Å². The first-order valence-electron chi connectivity index (χ1n) is 5.84. The van der Waals surface area contributed by atoms with E-state index in [2.05, 4.69) is 26.9 Å². The van der Waals surface area contributed by atoms with Crippen LogP contribution < -0.4 is 4.74 Å². The van der Waals surface area contributed by atoms with E-state index in [1.807, 2.05) is 12.1 Å². The van der Waals surface area contributed by atoms with Crippen LogP contribution in [-0.4, -0.2) is 25.1 Å². The molecule has 1 saturated heterocycles. The number of rotatable bonds is 3. The fourth-order valence-corrected chi connectivity index (χ4v) is 2.62. The largest absolute Gasteiger partial charge is 0.497 e. The van der Waals surface area contributed by atoms with Crippen LogP contribution in [0.15, 0.2) is 22.7 Å². The van der Waals surface area contributed by atoms with Gasteiger partial charge in [-0.05, 0) is 43.6 Å². The first kappa shape index (κ1) is 11.9. The summed E-state index contributed by atoms with van der Waals surface area (Å²) in [7, 11) is 1.70. The standard InChI is InChI=1S/C13H18BrNO/c1-16-12-6-5-11(13(14)9-12)10-15-7-3-2-4-8-15/h5-6,9H,2-4,7-8,10H2,1H3. The lowest BCUT2D eigenvalue weighted by atomic mass is 10.1. The van der Waals surface area contributed by atoms with Gasteiger partial charge in [-0.25, -0.2) is 0 Å². The number of piperidine rings is 1. The van der Waals surface area contributed by atoms with E-state index in [1.54, 1.807) is 7.11 Å². The van der Waals surface area contributed by atoms with Crippen LogP contribution in [0.5, 0.6) is 5.75 Å². The van der Waals surface area contributed by atoms with E-state index >= 15 is 0 Å². The lowest BCUT2D eigenvalue weighted by molar-refractivity contribution is 0.220. The van der Waals surface area contributed by atoms with Crippen molar-refractivity contribution in [3.8, 4) is 5.75 Å². The van der Waals surface area contributed by atoms with Crippen molar-refractivity contribution in [2.75, 3.05) is 20.2 Å². The van der Waals surface area contributed by atoms with Crippen molar-refractivity contribution in [3.63, 3.8) is 0 Å². The van der Waals surface area contributed by atoms with E-state index in [9.17, 15) is 0 Å². The molecule has 0 amide bonds. The van der Waals surface area contributed by atoms with E-state index < -0.39 is 0 Å². The molecule has 3 heteroatoms. The second-order valence-corrected chi connectivity index (χ2v) is 5.15. The Labute approximate surface area is 106 Å². The minimum Gasteiger partial charge on any atom is -0.497 e. The van der Waals surface area contributed by atoms with Crippen LogP contribution in [-0.2, 0) is 6.54 Å². The number of ether oxygens (including phenoxy) is 1. The quantitative estimate of drug-likeness (QED) is 0.843. The molecule has 1 aromatic carbocycles. The van der Waals surface area contributed by atoms with Gasteiger partial charge in [0.05, 0.1) is 7.11 Å². The predicted octanol–water partition coefficient (Wildman–Crippen LogP) is 3.44. The van der Waals surface area contributed by atoms with Crippen molar-refractivity contribution in [3.05, 3.63) is 28.2 Å². The Morgan fingerprint density at radius 2 is 2.00 bits per heavy atom. The Bertz CT molecular complexity index is 348. The summed E-state index contributed by atoms with van der Waals surface area (Å²) in [5.74, 6) is 0.911. The molecule has 0 bridgehead atoms. The first-order chi connectivity index (χ1) is 7.79. The van der Waals surface area contributed by atoms with Gasteiger partial charge in [-0.3, -0.25) is 4.90 Å². The molecule has 2 nitrogen and oxygen atoms in total. The summed E-state index contributed by atoms with van der Waals surface area (Å²) in [6.45, 7) is 3.52. The van der Waals surface area contributed by atoms with Crippen molar-refractivity contribution in [1.82, 2.24) is 4.90 Å². The van der Waals surface area contributed by atoms with Gasteiger partial charge in [0, 0.05) is 11.0 Å². The molecule has 0 aliphatic carbocycles. The van der Waals surface area contributed by atoms with Gasteiger partial charge in [-0.2, -0.15) is 0 Å². The molecule has 0 aromatic heterocycles. The highest BCUT2D eigenvalue weighted by molar-refractivity contribution is 9.10. The first-order valence-corrected chi connectivity index (χ1v) is 6.63. The molecule has 1 heterocycles. The molecule has 0 unspecified atom stereocenters. The molecule has 0 atom stereocenters. The van der Waals surface area contributed by atoms with E-state index in [-0.39, 0.29) is 0 Å². The molecule has 1 aliphatic rings. The highest BCUT2D eigenvalue weighted by Crippen LogP contribution is 2.25. The topological polar surface area (TPSA) is 12.5 Å². The van der Waals surface area contributed by atoms with Crippen molar-refractivity contribution in [1.29, 1.82) is 0 Å². The monoisotopic (exact) mass is 283 g/mol. The van der Waals surface area contributed by atoms with Gasteiger partial charge in [0.1, 0.15) is 5.75 Å². The van der Waals surface area contributed by atoms with Crippen LogP contribution in [0, 0.1) is 0 Å². The molecule has 1 aromatic rings. The number of likely N-dealkylation sites (tertiary alicyclic amines) is 1. The minimum absolute atomic E-state index is 0.911. The van der Waals surface area contributed by atoms with Crippen LogP contribution >= 0.6 is 15.9 Å². The zero-order valence-electron chi connectivity index (χ0n) is 9.71. The maximum absolute atomic E-state index is 5.20. The van der Waals surface area contributed by atoms with Crippen molar-refractivity contribution in [2.45, 2.75) is 25.8 Å². The molecular weight excluding hydrogens is 266 g/mol. The van der Waals surface area contributed by atoms with Gasteiger partial charge in [-0.15, -0.1) is 0 Å². The number of benzene rings is 1. The summed E-state index contributed by atoms with van der Waals surface area (Å²) in [5.41, 5.74) is 1.35. The molecule has 0 N–H and O–H groups in total. The number of hydrogen-bond donors (Lipinski definition) is 0. The zero-order valence-corrected chi connectivity index (χ0v) is 11.3. The van der Waals surface area contributed by atoms with E-state index in [0.717, 1.165) is 16.8 Å². The Hall–Kier alpha value is -0.540. The van der Waals surface area contributed by atoms with Crippen LogP contribution in [0.2, 0.25) is 0 Å². The molecule has 1 aliphatic heterocycles. The zero-order chi connectivity index (χ0) is 11.4. The summed E-state index contributed by atoms with van der Waals surface area (Å²) in [5, 5.41) is 0. The molecule has 1 fully saturated rings. The third-order valence-corrected chi connectivity index (χ3v) is 3.84. The lowest BCUT2D eigenvalue weighted by Crippen LogP contribution is -2.29. The van der Waals surface area contributed by atoms with Gasteiger partial charge in [0.15, 0.2) is 0 Å². The van der Waals surface area contributed by atoms with Gasteiger partial charge in [-0.1, -0.05) is 28.4 Å². The third-order valence-electron chi connectivity index (χ3n) is 3.10. The second-order valence-electron chi connectivity index (χ2n) is 4.29. The SMILES string of the molecule is COc1ccc(CN2CCCCC2)c(Br)c1. The number of methoxy groups -OCH3 is 1. The lowest BCUT2D eigenvalue weighted by Gasteiger charge is -2.26. The summed E-state index contributed by atoms with van der Waals surface area (Å²) in [6, 6.07) is 6.22. The van der Waals surface area contributed by atoms with Crippen LogP contribution in [0.25, 0.3) is 0 Å². The molecule has 16 heavy (non-hydrogen) atoms. The average Bonchev–Trinajstić information content (AvgIpc) is 2.33. The van der Waals surface area contributed by atoms with Gasteiger partial charge >= 0.3 is 0 Å². The highest BCUT2D eigenvalue weighted by Gasteiger charge is 2.12. The van der Waals surface area contributed by atoms with E-state index in [1.165, 1.54) is 37.9 Å².